The summed E-state index contributed by atoms with van der Waals surface area (Å²) in [5.74, 6) is 0.116. The number of aromatic nitrogens is 2. The summed E-state index contributed by atoms with van der Waals surface area (Å²) in [7, 11) is 0. The topological polar surface area (TPSA) is 80.9 Å². The number of fused-ring (bicyclic) bond motifs is 1. The summed E-state index contributed by atoms with van der Waals surface area (Å²) >= 11 is 1.34. The van der Waals surface area contributed by atoms with Crippen molar-refractivity contribution in [3.05, 3.63) is 65.1 Å². The molecule has 0 atom stereocenters. The number of allylic oxidation sites excluding steroid dienone is 3. The third kappa shape index (κ3) is 3.36. The molecule has 0 bridgehead atoms. The summed E-state index contributed by atoms with van der Waals surface area (Å²) in [4.78, 5) is 22.6. The largest absolute Gasteiger partial charge is 0.368 e. The van der Waals surface area contributed by atoms with Crippen LogP contribution in [0.15, 0.2) is 60.2 Å². The lowest BCUT2D eigenvalue weighted by molar-refractivity contribution is 0.0961. The lowest BCUT2D eigenvalue weighted by atomic mass is 10.1. The second-order valence-corrected chi connectivity index (χ2v) is 7.13. The number of carbonyl (C=O) groups excluding carboxylic acids is 1. The molecule has 0 fully saturated rings. The quantitative estimate of drug-likeness (QED) is 0.736. The summed E-state index contributed by atoms with van der Waals surface area (Å²) in [6.45, 7) is 0.566. The molecule has 0 unspecified atom stereocenters. The normalized spacial score (nSPS) is 13.6. The number of amides is 1. The number of nitrogens with zero attached hydrogens (tertiary/aromatic N) is 2. The fourth-order valence-electron chi connectivity index (χ4n) is 2.95. The van der Waals surface area contributed by atoms with Crippen LogP contribution in [0.4, 0.5) is 5.95 Å². The van der Waals surface area contributed by atoms with E-state index >= 15 is 0 Å². The molecule has 0 saturated heterocycles. The number of hydrogen-bond acceptors (Lipinski definition) is 5. The third-order valence-electron chi connectivity index (χ3n) is 4.26. The van der Waals surface area contributed by atoms with E-state index in [2.05, 4.69) is 27.4 Å². The van der Waals surface area contributed by atoms with Crippen LogP contribution in [0.1, 0.15) is 22.5 Å². The molecule has 2 aromatic heterocycles. The summed E-state index contributed by atoms with van der Waals surface area (Å²) in [5.41, 5.74) is 8.81. The van der Waals surface area contributed by atoms with E-state index in [1.165, 1.54) is 16.9 Å². The molecule has 1 aliphatic carbocycles. The molecule has 3 N–H and O–H groups in total. The average Bonchev–Trinajstić information content (AvgIpc) is 3.11. The molecule has 3 aromatic rings. The van der Waals surface area contributed by atoms with Gasteiger partial charge in [-0.1, -0.05) is 54.1 Å². The van der Waals surface area contributed by atoms with Crippen LogP contribution >= 0.6 is 11.3 Å². The van der Waals surface area contributed by atoms with Gasteiger partial charge in [-0.15, -0.1) is 11.3 Å². The Kier molecular flexibility index (Phi) is 4.50. The molecule has 0 saturated carbocycles. The standard InChI is InChI=1S/C20H18N4OS/c21-20-23-17(14-9-5-2-6-10-14)15-11-16(26-19(15)24-20)18(25)22-12-13-7-3-1-4-8-13/h1-3,5-7,9-11H,4,8,12H2,(H,22,25)(H2,21,23,24). The Morgan fingerprint density at radius 1 is 1.23 bits per heavy atom. The van der Waals surface area contributed by atoms with Crippen molar-refractivity contribution < 1.29 is 4.79 Å². The van der Waals surface area contributed by atoms with Gasteiger partial charge in [0.25, 0.3) is 5.91 Å². The lowest BCUT2D eigenvalue weighted by Gasteiger charge is -2.09. The Balaban J connectivity index is 1.64. The van der Waals surface area contributed by atoms with Crippen molar-refractivity contribution in [2.45, 2.75) is 12.8 Å². The zero-order valence-corrected chi connectivity index (χ0v) is 14.9. The highest BCUT2D eigenvalue weighted by Gasteiger charge is 2.16. The Morgan fingerprint density at radius 3 is 2.85 bits per heavy atom. The minimum atomic E-state index is -0.0963. The minimum absolute atomic E-state index is 0.0963. The van der Waals surface area contributed by atoms with Gasteiger partial charge in [-0.25, -0.2) is 9.97 Å². The van der Waals surface area contributed by atoms with E-state index in [1.807, 2.05) is 42.5 Å². The Morgan fingerprint density at radius 2 is 2.08 bits per heavy atom. The van der Waals surface area contributed by atoms with Crippen LogP contribution in [-0.2, 0) is 0 Å². The van der Waals surface area contributed by atoms with Crippen LogP contribution in [0, 0.1) is 0 Å². The van der Waals surface area contributed by atoms with Crippen molar-refractivity contribution in [2.24, 2.45) is 0 Å². The van der Waals surface area contributed by atoms with Crippen LogP contribution < -0.4 is 11.1 Å². The molecule has 1 aliphatic rings. The van der Waals surface area contributed by atoms with E-state index in [4.69, 9.17) is 5.73 Å². The smallest absolute Gasteiger partial charge is 0.261 e. The van der Waals surface area contributed by atoms with Crippen LogP contribution in [0.3, 0.4) is 0 Å². The van der Waals surface area contributed by atoms with Crippen LogP contribution in [0.2, 0.25) is 0 Å². The molecule has 0 aliphatic heterocycles. The van der Waals surface area contributed by atoms with Gasteiger partial charge in [0.05, 0.1) is 10.6 Å². The number of benzene rings is 1. The Hall–Kier alpha value is -2.99. The summed E-state index contributed by atoms with van der Waals surface area (Å²) < 4.78 is 0. The van der Waals surface area contributed by atoms with Crippen molar-refractivity contribution in [3.8, 4) is 11.3 Å². The first-order chi connectivity index (χ1) is 12.7. The first-order valence-electron chi connectivity index (χ1n) is 8.46. The van der Waals surface area contributed by atoms with Crippen molar-refractivity contribution in [3.63, 3.8) is 0 Å². The number of hydrogen-bond donors (Lipinski definition) is 2. The zero-order valence-electron chi connectivity index (χ0n) is 14.1. The van der Waals surface area contributed by atoms with Gasteiger partial charge in [0.15, 0.2) is 0 Å². The van der Waals surface area contributed by atoms with Crippen molar-refractivity contribution in [1.29, 1.82) is 0 Å². The van der Waals surface area contributed by atoms with Gasteiger partial charge < -0.3 is 11.1 Å². The van der Waals surface area contributed by atoms with E-state index in [0.717, 1.165) is 34.3 Å². The molecule has 130 valence electrons. The number of nitrogens with one attached hydrogen (secondary N) is 1. The molecule has 0 spiro atoms. The number of thiophene rings is 1. The number of carbonyl (C=O) groups is 1. The van der Waals surface area contributed by atoms with E-state index in [1.54, 1.807) is 0 Å². The molecular formula is C20H18N4OS. The molecule has 1 amide bonds. The van der Waals surface area contributed by atoms with E-state index in [0.29, 0.717) is 11.4 Å². The van der Waals surface area contributed by atoms with Crippen LogP contribution in [-0.4, -0.2) is 22.4 Å². The molecule has 1 aromatic carbocycles. The molecule has 2 heterocycles. The maximum absolute atomic E-state index is 12.6. The summed E-state index contributed by atoms with van der Waals surface area (Å²) in [6.07, 6.45) is 8.25. The van der Waals surface area contributed by atoms with Crippen LogP contribution in [0.5, 0.6) is 0 Å². The predicted molar refractivity (Wildman–Crippen MR) is 106 cm³/mol. The average molecular weight is 362 g/mol. The molecular weight excluding hydrogens is 344 g/mol. The first-order valence-corrected chi connectivity index (χ1v) is 9.27. The second-order valence-electron chi connectivity index (χ2n) is 6.10. The number of nitrogen functional groups attached to an aromatic ring is 1. The fourth-order valence-corrected chi connectivity index (χ4v) is 3.90. The predicted octanol–water partition coefficient (Wildman–Crippen LogP) is 3.95. The van der Waals surface area contributed by atoms with Gasteiger partial charge in [-0.05, 0) is 18.9 Å². The van der Waals surface area contributed by atoms with E-state index < -0.39 is 0 Å². The van der Waals surface area contributed by atoms with Crippen molar-refractivity contribution in [1.82, 2.24) is 15.3 Å². The molecule has 6 heteroatoms. The summed E-state index contributed by atoms with van der Waals surface area (Å²) in [6, 6.07) is 11.7. The van der Waals surface area contributed by atoms with Gasteiger partial charge in [0, 0.05) is 17.5 Å². The Labute approximate surface area is 155 Å². The fraction of sp³-hybridized carbons (Fsp3) is 0.150. The maximum Gasteiger partial charge on any atom is 0.261 e. The molecule has 26 heavy (non-hydrogen) atoms. The number of nitrogens with two attached hydrogens (primary N) is 1. The molecule has 5 nitrogen and oxygen atoms in total. The maximum atomic E-state index is 12.6. The lowest BCUT2D eigenvalue weighted by Crippen LogP contribution is -2.25. The highest BCUT2D eigenvalue weighted by atomic mass is 32.1. The monoisotopic (exact) mass is 362 g/mol. The number of rotatable bonds is 4. The van der Waals surface area contributed by atoms with E-state index in [9.17, 15) is 4.79 Å². The van der Waals surface area contributed by atoms with Gasteiger partial charge in [-0.3, -0.25) is 4.79 Å². The van der Waals surface area contributed by atoms with Gasteiger partial charge in [0.2, 0.25) is 5.95 Å². The second kappa shape index (κ2) is 7.09. The third-order valence-corrected chi connectivity index (χ3v) is 5.28. The van der Waals surface area contributed by atoms with E-state index in [-0.39, 0.29) is 11.9 Å². The van der Waals surface area contributed by atoms with Gasteiger partial charge in [-0.2, -0.15) is 0 Å². The first kappa shape index (κ1) is 16.5. The van der Waals surface area contributed by atoms with Gasteiger partial charge in [0.1, 0.15) is 4.83 Å². The highest BCUT2D eigenvalue weighted by molar-refractivity contribution is 7.20. The highest BCUT2D eigenvalue weighted by Crippen LogP contribution is 2.32. The number of anilines is 1. The Bertz CT molecular complexity index is 1020. The van der Waals surface area contributed by atoms with Gasteiger partial charge >= 0.3 is 0 Å². The molecule has 0 radical (unpaired) electrons. The summed E-state index contributed by atoms with van der Waals surface area (Å²) in [5, 5.41) is 3.84. The SMILES string of the molecule is Nc1nc(-c2ccccc2)c2cc(C(=O)NCC3=CC=CCC3)sc2n1. The minimum Gasteiger partial charge on any atom is -0.368 e. The van der Waals surface area contributed by atoms with Crippen molar-refractivity contribution in [2.75, 3.05) is 12.3 Å². The molecule has 4 rings (SSSR count). The van der Waals surface area contributed by atoms with Crippen LogP contribution in [0.25, 0.3) is 21.5 Å². The van der Waals surface area contributed by atoms with Crippen molar-refractivity contribution >= 4 is 33.4 Å². The zero-order chi connectivity index (χ0) is 17.9.